The fourth-order valence-electron chi connectivity index (χ4n) is 0.167. The van der Waals surface area contributed by atoms with Crippen LogP contribution in [0.1, 0.15) is 13.3 Å². The predicted molar refractivity (Wildman–Crippen MR) is 34.6 cm³/mol. The lowest BCUT2D eigenvalue weighted by Gasteiger charge is -1.99. The van der Waals surface area contributed by atoms with Crippen molar-refractivity contribution >= 4 is 12.4 Å². The first-order valence-electron chi connectivity index (χ1n) is 2.27. The van der Waals surface area contributed by atoms with Crippen LogP contribution in [0.3, 0.4) is 0 Å². The number of rotatable bonds is 2. The highest BCUT2D eigenvalue weighted by Crippen LogP contribution is 1.77. The third-order valence-electron chi connectivity index (χ3n) is 0.827. The maximum atomic E-state index is 5.35. The SMILES string of the molecule is CCC(N)CN.Cl. The normalized spacial score (nSPS) is 12.4. The molecule has 0 spiro atoms. The minimum absolute atomic E-state index is 0. The fourth-order valence-corrected chi connectivity index (χ4v) is 0.167. The van der Waals surface area contributed by atoms with E-state index < -0.39 is 0 Å². The van der Waals surface area contributed by atoms with Crippen LogP contribution in [-0.4, -0.2) is 12.6 Å². The molecule has 1 unspecified atom stereocenters. The topological polar surface area (TPSA) is 52.0 Å². The quantitative estimate of drug-likeness (QED) is 0.549. The largest absolute Gasteiger partial charge is 0.329 e. The molecule has 0 saturated heterocycles. The average Bonchev–Trinajstić information content (AvgIpc) is 1.65. The van der Waals surface area contributed by atoms with Crippen molar-refractivity contribution in [3.05, 3.63) is 0 Å². The third-order valence-corrected chi connectivity index (χ3v) is 0.827. The molecular weight excluding hydrogens is 112 g/mol. The minimum atomic E-state index is 0. The Kier molecular flexibility index (Phi) is 9.09. The van der Waals surface area contributed by atoms with Gasteiger partial charge in [0.15, 0.2) is 0 Å². The molecule has 0 aliphatic carbocycles. The summed E-state index contributed by atoms with van der Waals surface area (Å²) in [5, 5.41) is 0. The van der Waals surface area contributed by atoms with Gasteiger partial charge in [-0.25, -0.2) is 0 Å². The molecule has 0 radical (unpaired) electrons. The van der Waals surface area contributed by atoms with Crippen molar-refractivity contribution in [1.29, 1.82) is 0 Å². The molecule has 0 bridgehead atoms. The first-order valence-corrected chi connectivity index (χ1v) is 2.27. The summed E-state index contributed by atoms with van der Waals surface area (Å²) in [6.45, 7) is 2.63. The van der Waals surface area contributed by atoms with Gasteiger partial charge in [-0.3, -0.25) is 0 Å². The number of nitrogens with two attached hydrogens (primary N) is 2. The molecule has 0 aromatic heterocycles. The Morgan fingerprint density at radius 2 is 2.00 bits per heavy atom. The molecule has 0 aromatic rings. The molecule has 0 rings (SSSR count). The summed E-state index contributed by atoms with van der Waals surface area (Å²) >= 11 is 0. The first-order chi connectivity index (χ1) is 2.81. The summed E-state index contributed by atoms with van der Waals surface area (Å²) in [6.07, 6.45) is 0.983. The molecule has 2 nitrogen and oxygen atoms in total. The van der Waals surface area contributed by atoms with Gasteiger partial charge in [-0.1, -0.05) is 6.92 Å². The molecule has 7 heavy (non-hydrogen) atoms. The van der Waals surface area contributed by atoms with Crippen molar-refractivity contribution in [3.63, 3.8) is 0 Å². The van der Waals surface area contributed by atoms with Crippen LogP contribution in [0.15, 0.2) is 0 Å². The van der Waals surface area contributed by atoms with E-state index in [9.17, 15) is 0 Å². The predicted octanol–water partition coefficient (Wildman–Crippen LogP) is 0.104. The van der Waals surface area contributed by atoms with Crippen molar-refractivity contribution < 1.29 is 0 Å². The van der Waals surface area contributed by atoms with E-state index in [0.717, 1.165) is 6.42 Å². The van der Waals surface area contributed by atoms with Crippen LogP contribution in [0.25, 0.3) is 0 Å². The van der Waals surface area contributed by atoms with E-state index in [2.05, 4.69) is 0 Å². The summed E-state index contributed by atoms with van der Waals surface area (Å²) in [5.74, 6) is 0. The van der Waals surface area contributed by atoms with Crippen molar-refractivity contribution in [2.45, 2.75) is 19.4 Å². The first kappa shape index (κ1) is 10.2. The van der Waals surface area contributed by atoms with Crippen LogP contribution in [0.4, 0.5) is 0 Å². The summed E-state index contributed by atoms with van der Waals surface area (Å²) in [7, 11) is 0. The van der Waals surface area contributed by atoms with Crippen molar-refractivity contribution in [2.24, 2.45) is 11.5 Å². The lowest BCUT2D eigenvalue weighted by molar-refractivity contribution is 0.660. The van der Waals surface area contributed by atoms with Crippen molar-refractivity contribution in [1.82, 2.24) is 0 Å². The Morgan fingerprint density at radius 3 is 2.00 bits per heavy atom. The molecule has 0 aliphatic rings. The summed E-state index contributed by atoms with van der Waals surface area (Å²) < 4.78 is 0. The number of hydrogen-bond donors (Lipinski definition) is 2. The van der Waals surface area contributed by atoms with Gasteiger partial charge in [0, 0.05) is 12.6 Å². The monoisotopic (exact) mass is 124 g/mol. The Labute approximate surface area is 50.7 Å². The Morgan fingerprint density at radius 1 is 1.57 bits per heavy atom. The molecule has 0 aliphatic heterocycles. The van der Waals surface area contributed by atoms with E-state index in [1.165, 1.54) is 0 Å². The highest BCUT2D eigenvalue weighted by Gasteiger charge is 1.88. The summed E-state index contributed by atoms with van der Waals surface area (Å²) in [6, 6.07) is 0.213. The van der Waals surface area contributed by atoms with Gasteiger partial charge in [-0.05, 0) is 6.42 Å². The lowest BCUT2D eigenvalue weighted by Crippen LogP contribution is -2.28. The van der Waals surface area contributed by atoms with E-state index in [4.69, 9.17) is 11.5 Å². The molecule has 0 fully saturated rings. The molecule has 0 amide bonds. The van der Waals surface area contributed by atoms with Gasteiger partial charge in [-0.15, -0.1) is 12.4 Å². The zero-order chi connectivity index (χ0) is 4.99. The maximum absolute atomic E-state index is 5.35. The fraction of sp³-hybridized carbons (Fsp3) is 1.00. The smallest absolute Gasteiger partial charge is 0.0160 e. The van der Waals surface area contributed by atoms with Crippen LogP contribution in [0.5, 0.6) is 0 Å². The van der Waals surface area contributed by atoms with E-state index in [-0.39, 0.29) is 18.4 Å². The van der Waals surface area contributed by atoms with Gasteiger partial charge in [0.2, 0.25) is 0 Å². The van der Waals surface area contributed by atoms with Crippen LogP contribution in [0.2, 0.25) is 0 Å². The van der Waals surface area contributed by atoms with Gasteiger partial charge in [0.05, 0.1) is 0 Å². The lowest BCUT2D eigenvalue weighted by atomic mass is 10.2. The molecule has 0 aromatic carbocycles. The Bertz CT molecular complexity index is 28.9. The molecular formula is C4H13ClN2. The highest BCUT2D eigenvalue weighted by atomic mass is 35.5. The second-order valence-electron chi connectivity index (χ2n) is 1.40. The molecule has 0 saturated carbocycles. The second kappa shape index (κ2) is 6.21. The zero-order valence-electron chi connectivity index (χ0n) is 4.55. The standard InChI is InChI=1S/C4H12N2.ClH/c1-2-4(6)3-5;/h4H,2-3,5-6H2,1H3;1H. The minimum Gasteiger partial charge on any atom is -0.329 e. The van der Waals surface area contributed by atoms with E-state index in [1.807, 2.05) is 6.92 Å². The van der Waals surface area contributed by atoms with E-state index >= 15 is 0 Å². The van der Waals surface area contributed by atoms with Gasteiger partial charge in [0.25, 0.3) is 0 Å². The summed E-state index contributed by atoms with van der Waals surface area (Å²) in [5.41, 5.74) is 10.5. The molecule has 4 N–H and O–H groups in total. The molecule has 1 atom stereocenters. The van der Waals surface area contributed by atoms with E-state index in [1.54, 1.807) is 0 Å². The van der Waals surface area contributed by atoms with Crippen LogP contribution in [0, 0.1) is 0 Å². The third kappa shape index (κ3) is 6.21. The molecule has 3 heteroatoms. The zero-order valence-corrected chi connectivity index (χ0v) is 5.37. The second-order valence-corrected chi connectivity index (χ2v) is 1.40. The van der Waals surface area contributed by atoms with Crippen LogP contribution < -0.4 is 11.5 Å². The summed E-state index contributed by atoms with van der Waals surface area (Å²) in [4.78, 5) is 0. The van der Waals surface area contributed by atoms with Crippen LogP contribution in [-0.2, 0) is 0 Å². The van der Waals surface area contributed by atoms with Gasteiger partial charge in [0.1, 0.15) is 0 Å². The number of hydrogen-bond acceptors (Lipinski definition) is 2. The van der Waals surface area contributed by atoms with Crippen molar-refractivity contribution in [2.75, 3.05) is 6.54 Å². The van der Waals surface area contributed by atoms with Gasteiger partial charge < -0.3 is 11.5 Å². The molecule has 0 heterocycles. The van der Waals surface area contributed by atoms with Gasteiger partial charge in [-0.2, -0.15) is 0 Å². The van der Waals surface area contributed by atoms with Crippen LogP contribution >= 0.6 is 12.4 Å². The van der Waals surface area contributed by atoms with E-state index in [0.29, 0.717) is 6.54 Å². The average molecular weight is 125 g/mol. The Hall–Kier alpha value is 0.210. The number of halogens is 1. The van der Waals surface area contributed by atoms with Crippen molar-refractivity contribution in [3.8, 4) is 0 Å². The highest BCUT2D eigenvalue weighted by molar-refractivity contribution is 5.85. The Balaban J connectivity index is 0. The van der Waals surface area contributed by atoms with Gasteiger partial charge >= 0.3 is 0 Å². The molecule has 46 valence electrons. The maximum Gasteiger partial charge on any atom is 0.0160 e.